The molecule has 90 valence electrons. The van der Waals surface area contributed by atoms with Crippen molar-refractivity contribution in [3.63, 3.8) is 0 Å². The van der Waals surface area contributed by atoms with Crippen LogP contribution in [0, 0.1) is 5.92 Å². The van der Waals surface area contributed by atoms with Gasteiger partial charge in [-0.2, -0.15) is 0 Å². The van der Waals surface area contributed by atoms with Crippen molar-refractivity contribution in [2.24, 2.45) is 5.92 Å². The summed E-state index contributed by atoms with van der Waals surface area (Å²) in [5, 5.41) is 3.85. The molecule has 1 unspecified atom stereocenters. The molecule has 1 fully saturated rings. The van der Waals surface area contributed by atoms with E-state index in [9.17, 15) is 0 Å². The van der Waals surface area contributed by atoms with Crippen LogP contribution in [0.4, 0.5) is 0 Å². The standard InChI is InChI=1S/C14H29N/c1-4-5-7-10-14(13(2)3)11-8-6-9-12-15-14/h13,15H,4-12H2,1-3H3. The molecule has 0 aromatic heterocycles. The third kappa shape index (κ3) is 3.79. The van der Waals surface area contributed by atoms with Crippen LogP contribution in [0.3, 0.4) is 0 Å². The topological polar surface area (TPSA) is 12.0 Å². The van der Waals surface area contributed by atoms with E-state index in [-0.39, 0.29) is 0 Å². The van der Waals surface area contributed by atoms with Gasteiger partial charge < -0.3 is 5.32 Å². The Balaban J connectivity index is 2.51. The molecule has 1 aliphatic heterocycles. The summed E-state index contributed by atoms with van der Waals surface area (Å²) < 4.78 is 0. The Kier molecular flexibility index (Phi) is 5.66. The first-order valence-corrected chi connectivity index (χ1v) is 6.96. The fraction of sp³-hybridized carbons (Fsp3) is 1.00. The molecular weight excluding hydrogens is 182 g/mol. The third-order valence-electron chi connectivity index (χ3n) is 4.11. The zero-order valence-electron chi connectivity index (χ0n) is 10.9. The molecule has 0 spiro atoms. The van der Waals surface area contributed by atoms with E-state index in [1.807, 2.05) is 0 Å². The van der Waals surface area contributed by atoms with E-state index in [1.54, 1.807) is 0 Å². The van der Waals surface area contributed by atoms with E-state index < -0.39 is 0 Å². The fourth-order valence-electron chi connectivity index (χ4n) is 2.85. The Labute approximate surface area is 96.0 Å². The molecule has 0 aromatic carbocycles. The van der Waals surface area contributed by atoms with Crippen molar-refractivity contribution < 1.29 is 0 Å². The summed E-state index contributed by atoms with van der Waals surface area (Å²) in [6, 6.07) is 0. The van der Waals surface area contributed by atoms with Crippen LogP contribution in [0.5, 0.6) is 0 Å². The smallest absolute Gasteiger partial charge is 0.0204 e. The normalized spacial score (nSPS) is 28.0. The Hall–Kier alpha value is -0.0400. The van der Waals surface area contributed by atoms with Gasteiger partial charge in [-0.3, -0.25) is 0 Å². The molecule has 1 N–H and O–H groups in total. The predicted octanol–water partition coefficient (Wildman–Crippen LogP) is 4.13. The molecule has 0 aliphatic carbocycles. The molecule has 1 saturated heterocycles. The van der Waals surface area contributed by atoms with Crippen LogP contribution in [-0.4, -0.2) is 12.1 Å². The molecule has 0 aromatic rings. The second-order valence-corrected chi connectivity index (χ2v) is 5.51. The van der Waals surface area contributed by atoms with Gasteiger partial charge in [0.05, 0.1) is 0 Å². The van der Waals surface area contributed by atoms with Crippen LogP contribution in [0.25, 0.3) is 0 Å². The minimum Gasteiger partial charge on any atom is -0.311 e. The van der Waals surface area contributed by atoms with Crippen molar-refractivity contribution in [3.05, 3.63) is 0 Å². The van der Waals surface area contributed by atoms with Gasteiger partial charge in [-0.1, -0.05) is 52.9 Å². The highest BCUT2D eigenvalue weighted by Crippen LogP contribution is 2.31. The second-order valence-electron chi connectivity index (χ2n) is 5.51. The van der Waals surface area contributed by atoms with E-state index in [1.165, 1.54) is 57.9 Å². The molecule has 0 bridgehead atoms. The van der Waals surface area contributed by atoms with Gasteiger partial charge >= 0.3 is 0 Å². The van der Waals surface area contributed by atoms with Crippen molar-refractivity contribution in [2.45, 2.75) is 77.7 Å². The third-order valence-corrected chi connectivity index (χ3v) is 4.11. The predicted molar refractivity (Wildman–Crippen MR) is 68.2 cm³/mol. The Morgan fingerprint density at radius 1 is 1.13 bits per heavy atom. The summed E-state index contributed by atoms with van der Waals surface area (Å²) in [5.41, 5.74) is 0.464. The lowest BCUT2D eigenvalue weighted by molar-refractivity contribution is 0.205. The number of nitrogens with one attached hydrogen (secondary N) is 1. The maximum atomic E-state index is 3.85. The lowest BCUT2D eigenvalue weighted by atomic mass is 9.78. The zero-order valence-corrected chi connectivity index (χ0v) is 10.9. The lowest BCUT2D eigenvalue weighted by Gasteiger charge is -2.38. The van der Waals surface area contributed by atoms with E-state index >= 15 is 0 Å². The number of hydrogen-bond donors (Lipinski definition) is 1. The maximum Gasteiger partial charge on any atom is 0.0204 e. The van der Waals surface area contributed by atoms with Gasteiger partial charge in [0.15, 0.2) is 0 Å². The monoisotopic (exact) mass is 211 g/mol. The first kappa shape index (κ1) is 13.0. The fourth-order valence-corrected chi connectivity index (χ4v) is 2.85. The molecule has 1 aliphatic rings. The van der Waals surface area contributed by atoms with E-state index in [0.29, 0.717) is 5.54 Å². The van der Waals surface area contributed by atoms with E-state index in [2.05, 4.69) is 26.1 Å². The Morgan fingerprint density at radius 2 is 1.93 bits per heavy atom. The Bertz CT molecular complexity index is 155. The molecule has 1 atom stereocenters. The molecule has 1 nitrogen and oxygen atoms in total. The summed E-state index contributed by atoms with van der Waals surface area (Å²) in [7, 11) is 0. The van der Waals surface area contributed by atoms with Crippen LogP contribution in [0.2, 0.25) is 0 Å². The van der Waals surface area contributed by atoms with Crippen LogP contribution in [0.1, 0.15) is 72.1 Å². The van der Waals surface area contributed by atoms with Crippen LogP contribution >= 0.6 is 0 Å². The van der Waals surface area contributed by atoms with E-state index in [0.717, 1.165) is 5.92 Å². The minimum atomic E-state index is 0.464. The van der Waals surface area contributed by atoms with Gasteiger partial charge in [0.2, 0.25) is 0 Å². The molecule has 1 rings (SSSR count). The largest absolute Gasteiger partial charge is 0.311 e. The molecular formula is C14H29N. The highest BCUT2D eigenvalue weighted by atomic mass is 15.0. The van der Waals surface area contributed by atoms with Crippen molar-refractivity contribution in [3.8, 4) is 0 Å². The average molecular weight is 211 g/mol. The molecule has 0 saturated carbocycles. The van der Waals surface area contributed by atoms with Crippen LogP contribution in [-0.2, 0) is 0 Å². The minimum absolute atomic E-state index is 0.464. The van der Waals surface area contributed by atoms with Crippen molar-refractivity contribution in [1.82, 2.24) is 5.32 Å². The Morgan fingerprint density at radius 3 is 2.60 bits per heavy atom. The van der Waals surface area contributed by atoms with E-state index in [4.69, 9.17) is 0 Å². The van der Waals surface area contributed by atoms with Gasteiger partial charge in [-0.15, -0.1) is 0 Å². The summed E-state index contributed by atoms with van der Waals surface area (Å²) in [6.45, 7) is 8.32. The van der Waals surface area contributed by atoms with Crippen molar-refractivity contribution in [1.29, 1.82) is 0 Å². The molecule has 0 amide bonds. The summed E-state index contributed by atoms with van der Waals surface area (Å²) >= 11 is 0. The second kappa shape index (κ2) is 6.52. The first-order valence-electron chi connectivity index (χ1n) is 6.96. The van der Waals surface area contributed by atoms with Gasteiger partial charge in [-0.25, -0.2) is 0 Å². The molecule has 15 heavy (non-hydrogen) atoms. The number of hydrogen-bond acceptors (Lipinski definition) is 1. The molecule has 0 radical (unpaired) electrons. The summed E-state index contributed by atoms with van der Waals surface area (Å²) in [5.74, 6) is 0.785. The first-order chi connectivity index (χ1) is 7.21. The van der Waals surface area contributed by atoms with Gasteiger partial charge in [-0.05, 0) is 31.7 Å². The average Bonchev–Trinajstić information content (AvgIpc) is 2.45. The maximum absolute atomic E-state index is 3.85. The van der Waals surface area contributed by atoms with Crippen molar-refractivity contribution >= 4 is 0 Å². The quantitative estimate of drug-likeness (QED) is 0.674. The number of unbranched alkanes of at least 4 members (excludes halogenated alkanes) is 2. The number of rotatable bonds is 5. The zero-order chi connectivity index (χ0) is 11.1. The highest BCUT2D eigenvalue weighted by Gasteiger charge is 2.32. The lowest BCUT2D eigenvalue weighted by Crippen LogP contribution is -2.49. The summed E-state index contributed by atoms with van der Waals surface area (Å²) in [4.78, 5) is 0. The van der Waals surface area contributed by atoms with Gasteiger partial charge in [0, 0.05) is 5.54 Å². The highest BCUT2D eigenvalue weighted by molar-refractivity contribution is 4.92. The van der Waals surface area contributed by atoms with Crippen LogP contribution in [0.15, 0.2) is 0 Å². The van der Waals surface area contributed by atoms with Gasteiger partial charge in [0.25, 0.3) is 0 Å². The summed E-state index contributed by atoms with van der Waals surface area (Å²) in [6.07, 6.45) is 11.2. The van der Waals surface area contributed by atoms with Gasteiger partial charge in [0.1, 0.15) is 0 Å². The molecule has 1 heteroatoms. The molecule has 1 heterocycles. The SMILES string of the molecule is CCCCCC1(C(C)C)CCCCCN1. The van der Waals surface area contributed by atoms with Crippen LogP contribution < -0.4 is 5.32 Å². The van der Waals surface area contributed by atoms with Crippen molar-refractivity contribution in [2.75, 3.05) is 6.54 Å².